The molecular formula is C23H23N3O4. The third-order valence-corrected chi connectivity index (χ3v) is 5.36. The van der Waals surface area contributed by atoms with Gasteiger partial charge in [-0.2, -0.15) is 4.99 Å². The van der Waals surface area contributed by atoms with Gasteiger partial charge in [0, 0.05) is 37.1 Å². The van der Waals surface area contributed by atoms with Gasteiger partial charge in [0.2, 0.25) is 0 Å². The SMILES string of the molecule is CC(c1c[nH]c2ccccc12)C1(C(=O)OCc2ccccc2)OC(N(C)C)=NC1=O. The molecule has 1 amide bonds. The van der Waals surface area contributed by atoms with Crippen LogP contribution in [0.2, 0.25) is 0 Å². The number of aromatic nitrogens is 1. The summed E-state index contributed by atoms with van der Waals surface area (Å²) in [6, 6.07) is 17.1. The van der Waals surface area contributed by atoms with E-state index in [2.05, 4.69) is 9.98 Å². The van der Waals surface area contributed by atoms with Crippen LogP contribution in [0.3, 0.4) is 0 Å². The molecule has 1 aliphatic heterocycles. The van der Waals surface area contributed by atoms with Gasteiger partial charge in [0.25, 0.3) is 11.6 Å². The zero-order valence-electron chi connectivity index (χ0n) is 17.1. The number of hydrogen-bond acceptors (Lipinski definition) is 5. The van der Waals surface area contributed by atoms with Gasteiger partial charge < -0.3 is 19.4 Å². The van der Waals surface area contributed by atoms with Crippen molar-refractivity contribution in [3.63, 3.8) is 0 Å². The van der Waals surface area contributed by atoms with E-state index in [9.17, 15) is 9.59 Å². The second-order valence-corrected chi connectivity index (χ2v) is 7.50. The summed E-state index contributed by atoms with van der Waals surface area (Å²) in [5.41, 5.74) is 0.622. The zero-order chi connectivity index (χ0) is 21.3. The number of amidine groups is 1. The van der Waals surface area contributed by atoms with Crippen LogP contribution in [0.25, 0.3) is 10.9 Å². The molecule has 30 heavy (non-hydrogen) atoms. The van der Waals surface area contributed by atoms with E-state index >= 15 is 0 Å². The molecule has 1 aliphatic rings. The number of nitrogens with zero attached hydrogens (tertiary/aromatic N) is 2. The fourth-order valence-corrected chi connectivity index (χ4v) is 3.65. The number of fused-ring (bicyclic) bond motifs is 1. The van der Waals surface area contributed by atoms with Gasteiger partial charge in [-0.05, 0) is 17.2 Å². The largest absolute Gasteiger partial charge is 0.457 e. The first kappa shape index (κ1) is 19.7. The summed E-state index contributed by atoms with van der Waals surface area (Å²) in [5, 5.41) is 0.912. The van der Waals surface area contributed by atoms with Crippen LogP contribution in [-0.4, -0.2) is 47.5 Å². The highest BCUT2D eigenvalue weighted by Crippen LogP contribution is 2.40. The minimum atomic E-state index is -1.89. The van der Waals surface area contributed by atoms with Crippen molar-refractivity contribution in [3.05, 3.63) is 71.9 Å². The summed E-state index contributed by atoms with van der Waals surface area (Å²) in [6.45, 7) is 1.82. The third-order valence-electron chi connectivity index (χ3n) is 5.36. The topological polar surface area (TPSA) is 84.0 Å². The highest BCUT2D eigenvalue weighted by Gasteiger charge is 2.60. The number of para-hydroxylation sites is 1. The van der Waals surface area contributed by atoms with Crippen molar-refractivity contribution in [1.29, 1.82) is 0 Å². The molecule has 0 aliphatic carbocycles. The normalized spacial score (nSPS) is 19.3. The molecular weight excluding hydrogens is 382 g/mol. The fraction of sp³-hybridized carbons (Fsp3) is 0.261. The van der Waals surface area contributed by atoms with Gasteiger partial charge in [-0.1, -0.05) is 55.5 Å². The molecule has 1 aromatic heterocycles. The number of carbonyl (C=O) groups excluding carboxylic acids is 2. The predicted molar refractivity (Wildman–Crippen MR) is 113 cm³/mol. The second-order valence-electron chi connectivity index (χ2n) is 7.50. The fourth-order valence-electron chi connectivity index (χ4n) is 3.65. The van der Waals surface area contributed by atoms with Gasteiger partial charge in [-0.3, -0.25) is 4.79 Å². The van der Waals surface area contributed by atoms with Crippen molar-refractivity contribution >= 4 is 28.8 Å². The lowest BCUT2D eigenvalue weighted by molar-refractivity contribution is -0.169. The van der Waals surface area contributed by atoms with Gasteiger partial charge in [0.1, 0.15) is 6.61 Å². The van der Waals surface area contributed by atoms with Crippen molar-refractivity contribution in [2.75, 3.05) is 14.1 Å². The van der Waals surface area contributed by atoms with Crippen LogP contribution in [0.5, 0.6) is 0 Å². The smallest absolute Gasteiger partial charge is 0.361 e. The number of ether oxygens (including phenoxy) is 2. The molecule has 0 radical (unpaired) electrons. The van der Waals surface area contributed by atoms with E-state index in [0.29, 0.717) is 0 Å². The molecule has 1 N–H and O–H groups in total. The van der Waals surface area contributed by atoms with Crippen LogP contribution in [0.15, 0.2) is 65.8 Å². The summed E-state index contributed by atoms with van der Waals surface area (Å²) in [4.78, 5) is 35.2. The summed E-state index contributed by atoms with van der Waals surface area (Å²) in [6.07, 6.45) is 1.80. The maximum atomic E-state index is 13.3. The van der Waals surface area contributed by atoms with E-state index in [1.165, 1.54) is 0 Å². The van der Waals surface area contributed by atoms with Crippen molar-refractivity contribution in [2.45, 2.75) is 25.0 Å². The van der Waals surface area contributed by atoms with E-state index < -0.39 is 23.4 Å². The van der Waals surface area contributed by atoms with Crippen LogP contribution in [-0.2, 0) is 25.7 Å². The third kappa shape index (κ3) is 3.22. The minimum absolute atomic E-state index is 0.0377. The Hall–Kier alpha value is -3.61. The summed E-state index contributed by atoms with van der Waals surface area (Å²) >= 11 is 0. The Balaban J connectivity index is 1.71. The zero-order valence-corrected chi connectivity index (χ0v) is 17.1. The van der Waals surface area contributed by atoms with E-state index in [0.717, 1.165) is 22.0 Å². The molecule has 2 unspecified atom stereocenters. The van der Waals surface area contributed by atoms with Crippen LogP contribution >= 0.6 is 0 Å². The number of aliphatic imine (C=N–C) groups is 1. The number of amides is 1. The Morgan fingerprint density at radius 3 is 2.57 bits per heavy atom. The van der Waals surface area contributed by atoms with Crippen molar-refractivity contribution < 1.29 is 19.1 Å². The predicted octanol–water partition coefficient (Wildman–Crippen LogP) is 3.23. The quantitative estimate of drug-likeness (QED) is 0.520. The Kier molecular flexibility index (Phi) is 5.03. The molecule has 2 atom stereocenters. The number of rotatable bonds is 5. The number of esters is 1. The first-order valence-electron chi connectivity index (χ1n) is 9.70. The summed E-state index contributed by atoms with van der Waals surface area (Å²) in [5.74, 6) is -2.05. The lowest BCUT2D eigenvalue weighted by Gasteiger charge is -2.31. The minimum Gasteiger partial charge on any atom is -0.457 e. The number of nitrogens with one attached hydrogen (secondary N) is 1. The van der Waals surface area contributed by atoms with E-state index in [-0.39, 0.29) is 12.6 Å². The second kappa shape index (κ2) is 7.67. The molecule has 0 saturated heterocycles. The van der Waals surface area contributed by atoms with Gasteiger partial charge in [0.05, 0.1) is 0 Å². The molecule has 0 spiro atoms. The monoisotopic (exact) mass is 405 g/mol. The first-order chi connectivity index (χ1) is 14.4. The van der Waals surface area contributed by atoms with Crippen LogP contribution < -0.4 is 0 Å². The molecule has 4 rings (SSSR count). The number of carbonyl (C=O) groups is 2. The number of H-pyrrole nitrogens is 1. The summed E-state index contributed by atoms with van der Waals surface area (Å²) in [7, 11) is 3.40. The molecule has 7 nitrogen and oxygen atoms in total. The van der Waals surface area contributed by atoms with Crippen molar-refractivity contribution in [1.82, 2.24) is 9.88 Å². The Labute approximate surface area is 174 Å². The van der Waals surface area contributed by atoms with Crippen LogP contribution in [0.4, 0.5) is 0 Å². The average Bonchev–Trinajstić information content (AvgIpc) is 3.34. The van der Waals surface area contributed by atoms with Crippen LogP contribution in [0, 0.1) is 0 Å². The number of aromatic amines is 1. The van der Waals surface area contributed by atoms with Gasteiger partial charge in [-0.25, -0.2) is 4.79 Å². The average molecular weight is 405 g/mol. The van der Waals surface area contributed by atoms with E-state index in [1.54, 1.807) is 32.1 Å². The molecule has 2 heterocycles. The first-order valence-corrected chi connectivity index (χ1v) is 9.70. The molecule has 0 fully saturated rings. The molecule has 3 aromatic rings. The molecule has 0 bridgehead atoms. The standard InChI is InChI=1S/C23H23N3O4/c1-15(18-13-24-19-12-8-7-11-17(18)19)23(20(27)25-22(30-23)26(2)3)21(28)29-14-16-9-5-4-6-10-16/h4-13,15,24H,14H2,1-3H3. The van der Waals surface area contributed by atoms with E-state index in [1.807, 2.05) is 54.6 Å². The maximum Gasteiger partial charge on any atom is 0.361 e. The van der Waals surface area contributed by atoms with Gasteiger partial charge >= 0.3 is 11.9 Å². The Morgan fingerprint density at radius 1 is 1.17 bits per heavy atom. The van der Waals surface area contributed by atoms with Gasteiger partial charge in [-0.15, -0.1) is 0 Å². The van der Waals surface area contributed by atoms with Gasteiger partial charge in [0.15, 0.2) is 0 Å². The van der Waals surface area contributed by atoms with Crippen molar-refractivity contribution in [3.8, 4) is 0 Å². The summed E-state index contributed by atoms with van der Waals surface area (Å²) < 4.78 is 11.5. The molecule has 7 heteroatoms. The molecule has 2 aromatic carbocycles. The lowest BCUT2D eigenvalue weighted by Crippen LogP contribution is -2.51. The highest BCUT2D eigenvalue weighted by atomic mass is 16.6. The van der Waals surface area contributed by atoms with Crippen molar-refractivity contribution in [2.24, 2.45) is 4.99 Å². The maximum absolute atomic E-state index is 13.3. The number of benzene rings is 2. The Bertz CT molecular complexity index is 1120. The lowest BCUT2D eigenvalue weighted by atomic mass is 9.82. The molecule has 154 valence electrons. The molecule has 0 saturated carbocycles. The Morgan fingerprint density at radius 2 is 1.87 bits per heavy atom. The number of hydrogen-bond donors (Lipinski definition) is 1. The van der Waals surface area contributed by atoms with Crippen LogP contribution in [0.1, 0.15) is 24.0 Å². The highest BCUT2D eigenvalue weighted by molar-refractivity contribution is 6.15. The van der Waals surface area contributed by atoms with E-state index in [4.69, 9.17) is 9.47 Å².